The van der Waals surface area contributed by atoms with Crippen molar-refractivity contribution in [3.63, 3.8) is 0 Å². The summed E-state index contributed by atoms with van der Waals surface area (Å²) in [7, 11) is 0. The zero-order valence-corrected chi connectivity index (χ0v) is 6.08. The molecule has 4 heteroatoms. The molecule has 11 heavy (non-hydrogen) atoms. The van der Waals surface area contributed by atoms with Crippen molar-refractivity contribution in [1.29, 1.82) is 0 Å². The molecule has 0 saturated carbocycles. The second-order valence-corrected chi connectivity index (χ2v) is 2.58. The van der Waals surface area contributed by atoms with E-state index in [0.717, 1.165) is 12.2 Å². The minimum absolute atomic E-state index is 0.174. The average Bonchev–Trinajstić information content (AvgIpc) is 2.40. The molecule has 58 valence electrons. The van der Waals surface area contributed by atoms with Gasteiger partial charge >= 0.3 is 0 Å². The van der Waals surface area contributed by atoms with Gasteiger partial charge in [-0.05, 0) is 0 Å². The van der Waals surface area contributed by atoms with Gasteiger partial charge in [-0.15, -0.1) is 0 Å². The number of imidazole rings is 1. The molecule has 0 aliphatic carbocycles. The fourth-order valence-electron chi connectivity index (χ4n) is 1.21. The van der Waals surface area contributed by atoms with E-state index < -0.39 is 0 Å². The molecule has 1 aliphatic rings. The number of carbonyl (C=O) groups is 1. The van der Waals surface area contributed by atoms with E-state index in [1.165, 1.54) is 0 Å². The molecule has 0 aromatic carbocycles. The van der Waals surface area contributed by atoms with Gasteiger partial charge in [0.25, 0.3) is 0 Å². The summed E-state index contributed by atoms with van der Waals surface area (Å²) in [5.74, 6) is 0.174. The van der Waals surface area contributed by atoms with E-state index in [1.54, 1.807) is 12.5 Å². The summed E-state index contributed by atoms with van der Waals surface area (Å²) >= 11 is 0. The Labute approximate surface area is 64.2 Å². The van der Waals surface area contributed by atoms with Crippen LogP contribution in [-0.4, -0.2) is 21.9 Å². The number of aromatic nitrogens is 2. The topological polar surface area (TPSA) is 46.9 Å². The Hall–Kier alpha value is -1.16. The Morgan fingerprint density at radius 2 is 2.55 bits per heavy atom. The minimum atomic E-state index is 0.174. The van der Waals surface area contributed by atoms with E-state index in [9.17, 15) is 4.79 Å². The number of hydrogen-bond acceptors (Lipinski definition) is 3. The van der Waals surface area contributed by atoms with Gasteiger partial charge in [-0.2, -0.15) is 0 Å². The van der Waals surface area contributed by atoms with Crippen LogP contribution in [0, 0.1) is 0 Å². The molecule has 0 radical (unpaired) electrons. The maximum Gasteiger partial charge on any atom is 0.182 e. The van der Waals surface area contributed by atoms with Crippen molar-refractivity contribution >= 4 is 5.78 Å². The van der Waals surface area contributed by atoms with Crippen molar-refractivity contribution in [2.45, 2.75) is 13.1 Å². The lowest BCUT2D eigenvalue weighted by atomic mass is 10.2. The lowest BCUT2D eigenvalue weighted by Crippen LogP contribution is -2.16. The SMILES string of the molecule is O=C1CCNCn2cncc21. The number of Topliss-reactive ketones (excluding diaryl/α,β-unsaturated/α-hetero) is 1. The Bertz CT molecular complexity index is 279. The maximum absolute atomic E-state index is 11.3. The third-order valence-corrected chi connectivity index (χ3v) is 1.81. The summed E-state index contributed by atoms with van der Waals surface area (Å²) in [5.41, 5.74) is 0.718. The van der Waals surface area contributed by atoms with E-state index in [1.807, 2.05) is 4.57 Å². The quantitative estimate of drug-likeness (QED) is 0.568. The van der Waals surface area contributed by atoms with Crippen LogP contribution in [0.2, 0.25) is 0 Å². The van der Waals surface area contributed by atoms with Crippen molar-refractivity contribution in [3.8, 4) is 0 Å². The van der Waals surface area contributed by atoms with Crippen LogP contribution in [0.25, 0.3) is 0 Å². The molecule has 4 nitrogen and oxygen atoms in total. The van der Waals surface area contributed by atoms with Gasteiger partial charge in [0.05, 0.1) is 19.2 Å². The first kappa shape index (κ1) is 6.54. The number of carbonyl (C=O) groups excluding carboxylic acids is 1. The molecule has 0 saturated heterocycles. The van der Waals surface area contributed by atoms with Crippen LogP contribution in [0.4, 0.5) is 0 Å². The molecule has 0 spiro atoms. The number of rotatable bonds is 0. The van der Waals surface area contributed by atoms with E-state index in [0.29, 0.717) is 13.1 Å². The van der Waals surface area contributed by atoms with Gasteiger partial charge in [-0.1, -0.05) is 0 Å². The summed E-state index contributed by atoms with van der Waals surface area (Å²) in [6.07, 6.45) is 3.87. The molecule has 1 aromatic rings. The summed E-state index contributed by atoms with van der Waals surface area (Å²) in [5, 5.41) is 3.12. The van der Waals surface area contributed by atoms with Crippen LogP contribution in [0.5, 0.6) is 0 Å². The summed E-state index contributed by atoms with van der Waals surface area (Å²) in [4.78, 5) is 15.2. The van der Waals surface area contributed by atoms with Crippen LogP contribution >= 0.6 is 0 Å². The zero-order chi connectivity index (χ0) is 7.68. The van der Waals surface area contributed by atoms with Crippen molar-refractivity contribution < 1.29 is 4.79 Å². The van der Waals surface area contributed by atoms with Gasteiger partial charge < -0.3 is 4.57 Å². The fourth-order valence-corrected chi connectivity index (χ4v) is 1.21. The first-order valence-electron chi connectivity index (χ1n) is 3.62. The van der Waals surface area contributed by atoms with Gasteiger partial charge in [-0.3, -0.25) is 10.1 Å². The van der Waals surface area contributed by atoms with Gasteiger partial charge in [-0.25, -0.2) is 4.98 Å². The molecular weight excluding hydrogens is 142 g/mol. The van der Waals surface area contributed by atoms with Crippen LogP contribution in [-0.2, 0) is 6.67 Å². The minimum Gasteiger partial charge on any atom is -0.315 e. The van der Waals surface area contributed by atoms with E-state index in [2.05, 4.69) is 10.3 Å². The number of ketones is 1. The smallest absolute Gasteiger partial charge is 0.182 e. The first-order chi connectivity index (χ1) is 5.38. The molecule has 2 heterocycles. The molecular formula is C7H9N3O. The second-order valence-electron chi connectivity index (χ2n) is 2.58. The second kappa shape index (κ2) is 2.47. The van der Waals surface area contributed by atoms with Crippen LogP contribution in [0.15, 0.2) is 12.5 Å². The fraction of sp³-hybridized carbons (Fsp3) is 0.429. The highest BCUT2D eigenvalue weighted by Gasteiger charge is 2.13. The average molecular weight is 151 g/mol. The predicted molar refractivity (Wildman–Crippen MR) is 39.2 cm³/mol. The van der Waals surface area contributed by atoms with Crippen molar-refractivity contribution in [1.82, 2.24) is 14.9 Å². The van der Waals surface area contributed by atoms with Crippen LogP contribution < -0.4 is 5.32 Å². The highest BCUT2D eigenvalue weighted by atomic mass is 16.1. The van der Waals surface area contributed by atoms with E-state index in [4.69, 9.17) is 0 Å². The van der Waals surface area contributed by atoms with Crippen molar-refractivity contribution in [3.05, 3.63) is 18.2 Å². The standard InChI is InChI=1S/C7H9N3O/c11-7-1-2-8-4-10-5-9-3-6(7)10/h3,5,8H,1-2,4H2. The first-order valence-corrected chi connectivity index (χ1v) is 3.62. The maximum atomic E-state index is 11.3. The zero-order valence-electron chi connectivity index (χ0n) is 6.08. The van der Waals surface area contributed by atoms with Gasteiger partial charge in [0.15, 0.2) is 5.78 Å². The Kier molecular flexibility index (Phi) is 1.47. The Balaban J connectivity index is 2.41. The van der Waals surface area contributed by atoms with Crippen molar-refractivity contribution in [2.24, 2.45) is 0 Å². The molecule has 1 N–H and O–H groups in total. The highest BCUT2D eigenvalue weighted by Crippen LogP contribution is 2.04. The molecule has 0 fully saturated rings. The third kappa shape index (κ3) is 1.05. The Morgan fingerprint density at radius 3 is 3.45 bits per heavy atom. The molecule has 0 bridgehead atoms. The number of fused-ring (bicyclic) bond motifs is 1. The molecule has 0 atom stereocenters. The lowest BCUT2D eigenvalue weighted by Gasteiger charge is -1.99. The summed E-state index contributed by atoms with van der Waals surface area (Å²) < 4.78 is 1.83. The number of nitrogens with one attached hydrogen (secondary N) is 1. The van der Waals surface area contributed by atoms with Gasteiger partial charge in [0.1, 0.15) is 5.69 Å². The van der Waals surface area contributed by atoms with Crippen LogP contribution in [0.3, 0.4) is 0 Å². The van der Waals surface area contributed by atoms with Gasteiger partial charge in [0.2, 0.25) is 0 Å². The van der Waals surface area contributed by atoms with E-state index in [-0.39, 0.29) is 5.78 Å². The molecule has 0 amide bonds. The molecule has 2 rings (SSSR count). The monoisotopic (exact) mass is 151 g/mol. The number of nitrogens with zero attached hydrogens (tertiary/aromatic N) is 2. The normalized spacial score (nSPS) is 17.6. The van der Waals surface area contributed by atoms with Crippen molar-refractivity contribution in [2.75, 3.05) is 6.54 Å². The highest BCUT2D eigenvalue weighted by molar-refractivity contribution is 5.94. The molecule has 0 unspecified atom stereocenters. The molecule has 1 aromatic heterocycles. The molecule has 1 aliphatic heterocycles. The van der Waals surface area contributed by atoms with Gasteiger partial charge in [0, 0.05) is 13.0 Å². The largest absolute Gasteiger partial charge is 0.315 e. The predicted octanol–water partition coefficient (Wildman–Crippen LogP) is 0.0166. The summed E-state index contributed by atoms with van der Waals surface area (Å²) in [6, 6.07) is 0. The third-order valence-electron chi connectivity index (χ3n) is 1.81. The lowest BCUT2D eigenvalue weighted by molar-refractivity contribution is 0.0980. The van der Waals surface area contributed by atoms with Crippen LogP contribution in [0.1, 0.15) is 16.9 Å². The van der Waals surface area contributed by atoms with E-state index >= 15 is 0 Å². The summed E-state index contributed by atoms with van der Waals surface area (Å²) in [6.45, 7) is 1.46. The Morgan fingerprint density at radius 1 is 1.64 bits per heavy atom. The number of hydrogen-bond donors (Lipinski definition) is 1.